The van der Waals surface area contributed by atoms with E-state index in [4.69, 9.17) is 10.6 Å². The molecule has 0 aromatic rings. The molecule has 0 aliphatic rings. The van der Waals surface area contributed by atoms with Crippen LogP contribution in [0.2, 0.25) is 0 Å². The van der Waals surface area contributed by atoms with Gasteiger partial charge in [-0.2, -0.15) is 0 Å². The fraction of sp³-hybridized carbons (Fsp3) is 1.00. The summed E-state index contributed by atoms with van der Waals surface area (Å²) in [4.78, 5) is 12.9. The van der Waals surface area contributed by atoms with E-state index in [0.717, 1.165) is 0 Å². The molecule has 0 rings (SSSR count). The Morgan fingerprint density at radius 3 is 3.00 bits per heavy atom. The van der Waals surface area contributed by atoms with Gasteiger partial charge >= 0.3 is 0 Å². The zero-order valence-corrected chi connectivity index (χ0v) is 3.76. The van der Waals surface area contributed by atoms with Crippen molar-refractivity contribution in [3.8, 4) is 0 Å². The molecule has 0 saturated carbocycles. The predicted octanol–water partition coefficient (Wildman–Crippen LogP) is -0.852. The van der Waals surface area contributed by atoms with E-state index >= 15 is 0 Å². The first-order valence-electron chi connectivity index (χ1n) is 1.83. The van der Waals surface area contributed by atoms with Gasteiger partial charge in [-0.3, -0.25) is 4.94 Å². The van der Waals surface area contributed by atoms with Crippen LogP contribution in [0.3, 0.4) is 0 Å². The summed E-state index contributed by atoms with van der Waals surface area (Å²) in [6.45, 7) is 0.862. The first-order chi connectivity index (χ1) is 3.41. The van der Waals surface area contributed by atoms with E-state index in [-0.39, 0.29) is 0 Å². The van der Waals surface area contributed by atoms with Gasteiger partial charge in [-0.15, -0.1) is 10.4 Å². The van der Waals surface area contributed by atoms with Gasteiger partial charge in [0.25, 0.3) is 0 Å². The highest BCUT2D eigenvalue weighted by molar-refractivity contribution is 4.29. The Bertz CT molecular complexity index is 48.2. The highest BCUT2D eigenvalue weighted by atomic mass is 16.8. The SMILES string of the molecule is NCCNON=O. The second kappa shape index (κ2) is 5.32. The Morgan fingerprint density at radius 1 is 1.86 bits per heavy atom. The van der Waals surface area contributed by atoms with Gasteiger partial charge in [-0.1, -0.05) is 0 Å². The Balaban J connectivity index is 2.56. The highest BCUT2D eigenvalue weighted by Crippen LogP contribution is 1.59. The molecule has 0 aliphatic carbocycles. The van der Waals surface area contributed by atoms with Crippen molar-refractivity contribution in [3.63, 3.8) is 0 Å². The predicted molar refractivity (Wildman–Crippen MR) is 23.9 cm³/mol. The van der Waals surface area contributed by atoms with Gasteiger partial charge in [-0.25, -0.2) is 0 Å². The van der Waals surface area contributed by atoms with Crippen molar-refractivity contribution in [2.75, 3.05) is 13.1 Å². The number of hydrogen-bond acceptors (Lipinski definition) is 5. The van der Waals surface area contributed by atoms with Gasteiger partial charge in [0.2, 0.25) is 0 Å². The van der Waals surface area contributed by atoms with E-state index in [1.165, 1.54) is 0 Å². The zero-order chi connectivity index (χ0) is 5.54. The molecule has 0 unspecified atom stereocenters. The largest absolute Gasteiger partial charge is 0.329 e. The molecule has 5 nitrogen and oxygen atoms in total. The Morgan fingerprint density at radius 2 is 2.57 bits per heavy atom. The first kappa shape index (κ1) is 6.32. The molecular formula is C2H7N3O2. The zero-order valence-electron chi connectivity index (χ0n) is 3.76. The first-order valence-corrected chi connectivity index (χ1v) is 1.83. The third kappa shape index (κ3) is 5.32. The second-order valence-corrected chi connectivity index (χ2v) is 0.849. The molecular weight excluding hydrogens is 98.0 g/mol. The summed E-state index contributed by atoms with van der Waals surface area (Å²) < 4.78 is 0. The molecule has 7 heavy (non-hydrogen) atoms. The van der Waals surface area contributed by atoms with E-state index in [0.29, 0.717) is 13.1 Å². The number of nitrogens with zero attached hydrogens (tertiary/aromatic N) is 1. The lowest BCUT2D eigenvalue weighted by Gasteiger charge is -1.90. The number of rotatable bonds is 4. The summed E-state index contributed by atoms with van der Waals surface area (Å²) in [7, 11) is 0. The van der Waals surface area contributed by atoms with Crippen LogP contribution >= 0.6 is 0 Å². The smallest absolute Gasteiger partial charge is 0.176 e. The van der Waals surface area contributed by atoms with Crippen molar-refractivity contribution in [1.29, 1.82) is 0 Å². The lowest BCUT2D eigenvalue weighted by molar-refractivity contribution is 0.0451. The van der Waals surface area contributed by atoms with Crippen molar-refractivity contribution in [2.24, 2.45) is 11.1 Å². The molecule has 0 atom stereocenters. The van der Waals surface area contributed by atoms with Crippen LogP contribution in [0.4, 0.5) is 0 Å². The molecule has 42 valence electrons. The summed E-state index contributed by atoms with van der Waals surface area (Å²) in [6, 6.07) is 0. The van der Waals surface area contributed by atoms with E-state index in [9.17, 15) is 0 Å². The van der Waals surface area contributed by atoms with Crippen molar-refractivity contribution < 1.29 is 4.94 Å². The lowest BCUT2D eigenvalue weighted by Crippen LogP contribution is -2.20. The summed E-state index contributed by atoms with van der Waals surface area (Å²) >= 11 is 0. The molecule has 0 aromatic carbocycles. The third-order valence-corrected chi connectivity index (χ3v) is 0.348. The summed E-state index contributed by atoms with van der Waals surface area (Å²) in [5.74, 6) is 0. The minimum atomic E-state index is 0.426. The van der Waals surface area contributed by atoms with Gasteiger partial charge in [-0.05, 0) is 0 Å². The van der Waals surface area contributed by atoms with Gasteiger partial charge < -0.3 is 5.73 Å². The maximum absolute atomic E-state index is 9.10. The Hall–Kier alpha value is -0.680. The maximum atomic E-state index is 9.10. The van der Waals surface area contributed by atoms with E-state index in [1.54, 1.807) is 0 Å². The molecule has 3 N–H and O–H groups in total. The average molecular weight is 105 g/mol. The van der Waals surface area contributed by atoms with E-state index < -0.39 is 0 Å². The molecule has 0 saturated heterocycles. The second-order valence-electron chi connectivity index (χ2n) is 0.849. The van der Waals surface area contributed by atoms with Crippen molar-refractivity contribution in [2.45, 2.75) is 0 Å². The number of hydroxylamine groups is 1. The van der Waals surface area contributed by atoms with Crippen molar-refractivity contribution >= 4 is 0 Å². The average Bonchev–Trinajstić information content (AvgIpc) is 1.69. The minimum absolute atomic E-state index is 0.426. The van der Waals surface area contributed by atoms with Crippen LogP contribution < -0.4 is 11.2 Å². The molecule has 5 heteroatoms. The van der Waals surface area contributed by atoms with Crippen LogP contribution in [-0.2, 0) is 4.94 Å². The van der Waals surface area contributed by atoms with Gasteiger partial charge in [0.15, 0.2) is 5.34 Å². The van der Waals surface area contributed by atoms with E-state index in [2.05, 4.69) is 15.8 Å². The normalized spacial score (nSPS) is 8.14. The van der Waals surface area contributed by atoms with Gasteiger partial charge in [0.1, 0.15) is 0 Å². The van der Waals surface area contributed by atoms with Crippen LogP contribution in [0.15, 0.2) is 5.34 Å². The fourth-order valence-electron chi connectivity index (χ4n) is 0.131. The van der Waals surface area contributed by atoms with Crippen LogP contribution in [0.25, 0.3) is 0 Å². The molecule has 0 aromatic heterocycles. The quantitative estimate of drug-likeness (QED) is 0.277. The highest BCUT2D eigenvalue weighted by Gasteiger charge is 1.76. The van der Waals surface area contributed by atoms with E-state index in [1.807, 2.05) is 0 Å². The third-order valence-electron chi connectivity index (χ3n) is 0.348. The Kier molecular flexibility index (Phi) is 4.80. The number of hydrogen-bond donors (Lipinski definition) is 2. The molecule has 0 heterocycles. The van der Waals surface area contributed by atoms with Crippen LogP contribution in [-0.4, -0.2) is 13.1 Å². The molecule has 0 bridgehead atoms. The number of nitrogens with two attached hydrogens (primary N) is 1. The molecule has 0 fully saturated rings. The van der Waals surface area contributed by atoms with Crippen LogP contribution in [0, 0.1) is 4.91 Å². The maximum Gasteiger partial charge on any atom is 0.176 e. The van der Waals surface area contributed by atoms with Gasteiger partial charge in [0.05, 0.1) is 0 Å². The van der Waals surface area contributed by atoms with Crippen molar-refractivity contribution in [1.82, 2.24) is 5.48 Å². The summed E-state index contributed by atoms with van der Waals surface area (Å²) in [5, 5.41) is 2.06. The molecule has 0 spiro atoms. The summed E-state index contributed by atoms with van der Waals surface area (Å²) in [6.07, 6.45) is 0. The minimum Gasteiger partial charge on any atom is -0.329 e. The van der Waals surface area contributed by atoms with Gasteiger partial charge in [0, 0.05) is 13.1 Å². The molecule has 0 aliphatic heterocycles. The van der Waals surface area contributed by atoms with Crippen LogP contribution in [0.1, 0.15) is 0 Å². The monoisotopic (exact) mass is 105 g/mol. The summed E-state index contributed by atoms with van der Waals surface area (Å²) in [5.41, 5.74) is 7.16. The van der Waals surface area contributed by atoms with Crippen LogP contribution in [0.5, 0.6) is 0 Å². The molecule has 0 radical (unpaired) electrons. The Labute approximate surface area is 40.7 Å². The topological polar surface area (TPSA) is 76.7 Å². The molecule has 0 amide bonds. The standard InChI is InChI=1S/C2H7N3O2/c3-1-2-4-7-5-6/h4H,1-3H2. The fourth-order valence-corrected chi connectivity index (χ4v) is 0.131. The number of nitrogens with one attached hydrogen (secondary N) is 1. The lowest BCUT2D eigenvalue weighted by atomic mass is 10.7. The van der Waals surface area contributed by atoms with Crippen molar-refractivity contribution in [3.05, 3.63) is 4.91 Å².